The van der Waals surface area contributed by atoms with E-state index in [0.717, 1.165) is 55.2 Å². The fraction of sp³-hybridized carbons (Fsp3) is 0.375. The summed E-state index contributed by atoms with van der Waals surface area (Å²) in [5.41, 5.74) is 3.15. The summed E-state index contributed by atoms with van der Waals surface area (Å²) in [5, 5.41) is 0.339. The summed E-state index contributed by atoms with van der Waals surface area (Å²) in [6, 6.07) is 11.9. The Hall–Kier alpha value is -3.85. The van der Waals surface area contributed by atoms with E-state index in [2.05, 4.69) is 30.7 Å². The molecule has 1 aliphatic rings. The van der Waals surface area contributed by atoms with Gasteiger partial charge >= 0.3 is 0 Å². The van der Waals surface area contributed by atoms with E-state index < -0.39 is 21.7 Å². The van der Waals surface area contributed by atoms with Gasteiger partial charge in [-0.25, -0.2) is 32.5 Å². The Morgan fingerprint density at radius 1 is 1.13 bits per heavy atom. The van der Waals surface area contributed by atoms with Crippen LogP contribution in [0.2, 0.25) is 5.02 Å². The number of sulfonamides is 1. The third kappa shape index (κ3) is 7.67. The lowest BCUT2D eigenvalue weighted by molar-refractivity contribution is 0.0985. The monoisotopic (exact) mass is 699 g/mol. The number of halogens is 2. The van der Waals surface area contributed by atoms with Crippen molar-refractivity contribution in [3.63, 3.8) is 0 Å². The van der Waals surface area contributed by atoms with Gasteiger partial charge in [0, 0.05) is 41.0 Å². The number of nitrogens with one attached hydrogen (secondary N) is 1. The fourth-order valence-corrected chi connectivity index (χ4v) is 7.38. The number of pyridine rings is 1. The molecule has 11 nitrogen and oxygen atoms in total. The molecule has 0 bridgehead atoms. The molecule has 15 heteroatoms. The van der Waals surface area contributed by atoms with Crippen LogP contribution in [0.1, 0.15) is 65.1 Å². The number of nitrogens with zero attached hydrogens (tertiary/aromatic N) is 6. The zero-order valence-corrected chi connectivity index (χ0v) is 28.4. The Bertz CT molecular complexity index is 2000. The smallest absolute Gasteiger partial charge is 0.274 e. The molecule has 1 amide bonds. The lowest BCUT2D eigenvalue weighted by Gasteiger charge is -2.31. The van der Waals surface area contributed by atoms with E-state index in [1.165, 1.54) is 24.3 Å². The molecule has 1 fully saturated rings. The van der Waals surface area contributed by atoms with Gasteiger partial charge in [0.2, 0.25) is 15.9 Å². The molecule has 0 unspecified atom stereocenters. The maximum atomic E-state index is 14.2. The maximum Gasteiger partial charge on any atom is 0.274 e. The van der Waals surface area contributed by atoms with Gasteiger partial charge in [0.1, 0.15) is 23.1 Å². The zero-order chi connectivity index (χ0) is 33.1. The molecule has 1 N–H and O–H groups in total. The minimum Gasteiger partial charge on any atom is -0.473 e. The number of imidazole rings is 2. The number of thiophene rings is 1. The molecule has 1 aliphatic heterocycles. The summed E-state index contributed by atoms with van der Waals surface area (Å²) in [5.74, 6) is 0.327. The molecule has 47 heavy (non-hydrogen) atoms. The van der Waals surface area contributed by atoms with Crippen molar-refractivity contribution < 1.29 is 22.3 Å². The molecule has 5 heterocycles. The summed E-state index contributed by atoms with van der Waals surface area (Å²) in [6.45, 7) is 7.16. The molecule has 4 aromatic heterocycles. The van der Waals surface area contributed by atoms with Gasteiger partial charge in [-0.3, -0.25) is 9.69 Å². The Labute approximate surface area is 281 Å². The molecular formula is C32H35ClFN7O4S2. The maximum absolute atomic E-state index is 14.2. The van der Waals surface area contributed by atoms with Crippen molar-refractivity contribution in [2.45, 2.75) is 58.8 Å². The van der Waals surface area contributed by atoms with E-state index in [4.69, 9.17) is 26.3 Å². The summed E-state index contributed by atoms with van der Waals surface area (Å²) < 4.78 is 50.3. The minimum atomic E-state index is -3.69. The molecule has 0 saturated carbocycles. The van der Waals surface area contributed by atoms with Gasteiger partial charge < -0.3 is 13.9 Å². The van der Waals surface area contributed by atoms with Crippen LogP contribution in [-0.2, 0) is 36.3 Å². The first-order valence-electron chi connectivity index (χ1n) is 15.4. The van der Waals surface area contributed by atoms with Gasteiger partial charge in [-0.1, -0.05) is 23.7 Å². The molecule has 1 saturated heterocycles. The average Bonchev–Trinajstić information content (AvgIpc) is 3.77. The first-order chi connectivity index (χ1) is 22.6. The minimum absolute atomic E-state index is 0.0606. The molecule has 248 valence electrons. The second kappa shape index (κ2) is 14.1. The van der Waals surface area contributed by atoms with Gasteiger partial charge in [-0.2, -0.15) is 0 Å². The van der Waals surface area contributed by atoms with Gasteiger partial charge in [0.05, 0.1) is 41.3 Å². The largest absolute Gasteiger partial charge is 0.473 e. The molecule has 0 spiro atoms. The van der Waals surface area contributed by atoms with Crippen LogP contribution in [0.25, 0.3) is 10.3 Å². The lowest BCUT2D eigenvalue weighted by Crippen LogP contribution is -2.33. The number of ether oxygens (including phenoxy) is 1. The Morgan fingerprint density at radius 3 is 2.68 bits per heavy atom. The fourth-order valence-electron chi connectivity index (χ4n) is 5.68. The number of carbonyl (C=O) groups is 1. The number of hydrogen-bond acceptors (Lipinski definition) is 9. The molecule has 0 radical (unpaired) electrons. The SMILES string of the molecule is CCn1cncc1Cn1c(CN2CCC(c3cccc(OCc4ccc(Cl)cc4F)n3)CC2)nc2sc(C(=O)NS(=O)(=O)CC)cc21. The van der Waals surface area contributed by atoms with Gasteiger partial charge in [0.25, 0.3) is 5.91 Å². The van der Waals surface area contributed by atoms with Crippen LogP contribution in [-0.4, -0.2) is 62.2 Å². The van der Waals surface area contributed by atoms with Crippen molar-refractivity contribution >= 4 is 49.2 Å². The van der Waals surface area contributed by atoms with Crippen molar-refractivity contribution in [1.82, 2.24) is 33.7 Å². The van der Waals surface area contributed by atoms with E-state index in [1.807, 2.05) is 18.3 Å². The highest BCUT2D eigenvalue weighted by molar-refractivity contribution is 7.90. The number of aromatic nitrogens is 5. The number of hydrogen-bond donors (Lipinski definition) is 1. The highest BCUT2D eigenvalue weighted by atomic mass is 35.5. The van der Waals surface area contributed by atoms with Gasteiger partial charge in [0.15, 0.2) is 0 Å². The quantitative estimate of drug-likeness (QED) is 0.179. The third-order valence-electron chi connectivity index (χ3n) is 8.34. The summed E-state index contributed by atoms with van der Waals surface area (Å²) in [4.78, 5) is 30.0. The Kier molecular flexibility index (Phi) is 9.92. The van der Waals surface area contributed by atoms with E-state index in [0.29, 0.717) is 39.3 Å². The van der Waals surface area contributed by atoms with Crippen LogP contribution >= 0.6 is 22.9 Å². The number of piperidine rings is 1. The second-order valence-electron chi connectivity index (χ2n) is 11.4. The van der Waals surface area contributed by atoms with Crippen LogP contribution in [0.15, 0.2) is 55.0 Å². The molecule has 1 aromatic carbocycles. The number of amides is 1. The summed E-state index contributed by atoms with van der Waals surface area (Å²) >= 11 is 7.04. The Morgan fingerprint density at radius 2 is 1.94 bits per heavy atom. The molecule has 6 rings (SSSR count). The van der Waals surface area contributed by atoms with Crippen LogP contribution in [0.4, 0.5) is 4.39 Å². The van der Waals surface area contributed by atoms with Gasteiger partial charge in [-0.05, 0) is 64.0 Å². The first kappa shape index (κ1) is 33.1. The topological polar surface area (TPSA) is 124 Å². The predicted molar refractivity (Wildman–Crippen MR) is 179 cm³/mol. The molecular weight excluding hydrogens is 665 g/mol. The standard InChI is InChI=1S/C32H35ClFN7O4S2/c1-3-40-20-35-16-24(40)17-41-27-15-28(31(42)38-47(43,44)4-2)46-32(27)37-29(41)18-39-12-10-21(11-13-39)26-6-5-7-30(36-26)45-19-22-8-9-23(33)14-25(22)34/h5-9,14-16,20-21H,3-4,10-13,17-19H2,1-2H3,(H,38,42). The number of carbonyl (C=O) groups excluding carboxylic acids is 1. The number of benzene rings is 1. The zero-order valence-electron chi connectivity index (χ0n) is 26.0. The van der Waals surface area contributed by atoms with Crippen molar-refractivity contribution in [3.8, 4) is 5.88 Å². The number of fused-ring (bicyclic) bond motifs is 1. The summed E-state index contributed by atoms with van der Waals surface area (Å²) in [7, 11) is -3.69. The van der Waals surface area contributed by atoms with Crippen LogP contribution < -0.4 is 9.46 Å². The Balaban J connectivity index is 1.15. The van der Waals surface area contributed by atoms with Crippen molar-refractivity contribution in [1.29, 1.82) is 0 Å². The van der Waals surface area contributed by atoms with Gasteiger partial charge in [-0.15, -0.1) is 11.3 Å². The highest BCUT2D eigenvalue weighted by Gasteiger charge is 2.26. The highest BCUT2D eigenvalue weighted by Crippen LogP contribution is 2.31. The molecule has 5 aromatic rings. The number of rotatable bonds is 12. The van der Waals surface area contributed by atoms with Crippen LogP contribution in [0.5, 0.6) is 5.88 Å². The van der Waals surface area contributed by atoms with E-state index >= 15 is 0 Å². The van der Waals surface area contributed by atoms with E-state index in [9.17, 15) is 17.6 Å². The number of likely N-dealkylation sites (tertiary alicyclic amines) is 1. The van der Waals surface area contributed by atoms with E-state index in [1.54, 1.807) is 30.6 Å². The van der Waals surface area contributed by atoms with Crippen molar-refractivity contribution in [3.05, 3.63) is 93.5 Å². The number of aryl methyl sites for hydroxylation is 1. The van der Waals surface area contributed by atoms with Crippen LogP contribution in [0, 0.1) is 5.82 Å². The summed E-state index contributed by atoms with van der Waals surface area (Å²) in [6.07, 6.45) is 5.42. The average molecular weight is 700 g/mol. The second-order valence-corrected chi connectivity index (χ2v) is 14.9. The molecule has 0 aliphatic carbocycles. The van der Waals surface area contributed by atoms with Crippen molar-refractivity contribution in [2.75, 3.05) is 18.8 Å². The lowest BCUT2D eigenvalue weighted by atomic mass is 9.93. The normalized spacial score (nSPS) is 14.6. The van der Waals surface area contributed by atoms with Crippen LogP contribution in [0.3, 0.4) is 0 Å². The molecule has 0 atom stereocenters. The third-order valence-corrected chi connectivity index (χ3v) is 10.9. The van der Waals surface area contributed by atoms with E-state index in [-0.39, 0.29) is 18.3 Å². The first-order valence-corrected chi connectivity index (χ1v) is 18.3. The predicted octanol–water partition coefficient (Wildman–Crippen LogP) is 5.59. The van der Waals surface area contributed by atoms with Crippen molar-refractivity contribution in [2.24, 2.45) is 0 Å².